The molecule has 2 heterocycles. The fourth-order valence-electron chi connectivity index (χ4n) is 3.20. The smallest absolute Gasteiger partial charge is 0.129 e. The zero-order chi connectivity index (χ0) is 12.0. The van der Waals surface area contributed by atoms with Crippen molar-refractivity contribution in [1.29, 1.82) is 0 Å². The molecule has 2 aliphatic heterocycles. The lowest BCUT2D eigenvalue weighted by molar-refractivity contribution is -0.0144. The number of rotatable bonds is 1. The van der Waals surface area contributed by atoms with Gasteiger partial charge >= 0.3 is 0 Å². The Morgan fingerprint density at radius 3 is 2.59 bits per heavy atom. The molecule has 2 atom stereocenters. The summed E-state index contributed by atoms with van der Waals surface area (Å²) in [5.41, 5.74) is -0.574. The number of benzene rings is 1. The first-order valence-corrected chi connectivity index (χ1v) is 6.80. The van der Waals surface area contributed by atoms with Crippen molar-refractivity contribution in [3.63, 3.8) is 0 Å². The van der Waals surface area contributed by atoms with Crippen molar-refractivity contribution in [3.8, 4) is 0 Å². The third-order valence-electron chi connectivity index (χ3n) is 3.93. The second-order valence-corrected chi connectivity index (χ2v) is 6.12. The van der Waals surface area contributed by atoms with E-state index < -0.39 is 5.60 Å². The Morgan fingerprint density at radius 2 is 1.94 bits per heavy atom. The first kappa shape index (κ1) is 11.6. The van der Waals surface area contributed by atoms with E-state index in [0.29, 0.717) is 30.5 Å². The van der Waals surface area contributed by atoms with Gasteiger partial charge in [0.1, 0.15) is 5.82 Å². The summed E-state index contributed by atoms with van der Waals surface area (Å²) in [4.78, 5) is 0. The monoisotopic (exact) mass is 299 g/mol. The van der Waals surface area contributed by atoms with Gasteiger partial charge in [-0.15, -0.1) is 0 Å². The molecule has 2 aliphatic rings. The van der Waals surface area contributed by atoms with Crippen molar-refractivity contribution in [2.45, 2.75) is 43.4 Å². The Kier molecular flexibility index (Phi) is 2.76. The Balaban J connectivity index is 1.99. The van der Waals surface area contributed by atoms with Gasteiger partial charge < -0.3 is 10.4 Å². The van der Waals surface area contributed by atoms with Crippen molar-refractivity contribution >= 4 is 15.9 Å². The number of hydrogen-bond acceptors (Lipinski definition) is 2. The molecule has 92 valence electrons. The van der Waals surface area contributed by atoms with Gasteiger partial charge in [-0.05, 0) is 43.9 Å². The number of hydrogen-bond donors (Lipinski definition) is 2. The highest BCUT2D eigenvalue weighted by molar-refractivity contribution is 9.10. The molecule has 2 fully saturated rings. The molecular weight excluding hydrogens is 285 g/mol. The summed E-state index contributed by atoms with van der Waals surface area (Å²) >= 11 is 3.34. The van der Waals surface area contributed by atoms with Gasteiger partial charge in [0.25, 0.3) is 0 Å². The zero-order valence-corrected chi connectivity index (χ0v) is 11.0. The summed E-state index contributed by atoms with van der Waals surface area (Å²) in [6.07, 6.45) is 3.39. The number of nitrogens with one attached hydrogen (secondary N) is 1. The molecule has 2 saturated heterocycles. The first-order valence-electron chi connectivity index (χ1n) is 6.01. The van der Waals surface area contributed by atoms with E-state index in [-0.39, 0.29) is 5.82 Å². The Labute approximate surface area is 108 Å². The average Bonchev–Trinajstić information content (AvgIpc) is 2.62. The second-order valence-electron chi connectivity index (χ2n) is 5.20. The summed E-state index contributed by atoms with van der Waals surface area (Å²) in [5, 5.41) is 14.2. The first-order chi connectivity index (χ1) is 8.07. The number of aliphatic hydroxyl groups is 1. The van der Waals surface area contributed by atoms with Gasteiger partial charge in [-0.3, -0.25) is 0 Å². The van der Waals surface area contributed by atoms with Gasteiger partial charge in [-0.25, -0.2) is 4.39 Å². The molecule has 2 N–H and O–H groups in total. The predicted molar refractivity (Wildman–Crippen MR) is 67.2 cm³/mol. The van der Waals surface area contributed by atoms with Crippen LogP contribution in [-0.2, 0) is 5.60 Å². The van der Waals surface area contributed by atoms with E-state index in [0.717, 1.165) is 17.3 Å². The molecule has 0 aliphatic carbocycles. The van der Waals surface area contributed by atoms with Crippen molar-refractivity contribution in [3.05, 3.63) is 34.1 Å². The van der Waals surface area contributed by atoms with Crippen molar-refractivity contribution in [2.24, 2.45) is 0 Å². The topological polar surface area (TPSA) is 32.3 Å². The van der Waals surface area contributed by atoms with Crippen molar-refractivity contribution in [2.75, 3.05) is 0 Å². The molecule has 0 saturated carbocycles. The van der Waals surface area contributed by atoms with E-state index in [4.69, 9.17) is 0 Å². The Bertz CT molecular complexity index is 439. The molecule has 3 rings (SSSR count). The molecule has 1 aromatic carbocycles. The molecule has 4 heteroatoms. The molecule has 0 aromatic heterocycles. The van der Waals surface area contributed by atoms with Crippen LogP contribution in [0.15, 0.2) is 22.7 Å². The van der Waals surface area contributed by atoms with Gasteiger partial charge in [0.15, 0.2) is 0 Å². The van der Waals surface area contributed by atoms with Gasteiger partial charge in [0, 0.05) is 22.1 Å². The lowest BCUT2D eigenvalue weighted by Crippen LogP contribution is -2.47. The number of piperidine rings is 1. The average molecular weight is 300 g/mol. The van der Waals surface area contributed by atoms with Gasteiger partial charge in [0.05, 0.1) is 5.60 Å². The fraction of sp³-hybridized carbons (Fsp3) is 0.538. The highest BCUT2D eigenvalue weighted by Gasteiger charge is 2.44. The van der Waals surface area contributed by atoms with Crippen LogP contribution in [0, 0.1) is 5.82 Å². The van der Waals surface area contributed by atoms with E-state index in [1.807, 2.05) is 0 Å². The summed E-state index contributed by atoms with van der Waals surface area (Å²) in [6, 6.07) is 5.45. The summed E-state index contributed by atoms with van der Waals surface area (Å²) in [5.74, 6) is -0.308. The van der Waals surface area contributed by atoms with Crippen molar-refractivity contribution < 1.29 is 9.50 Å². The molecule has 0 radical (unpaired) electrons. The maximum absolute atomic E-state index is 13.9. The molecular formula is C13H15BrFNO. The van der Waals surface area contributed by atoms with Crippen LogP contribution in [0.2, 0.25) is 0 Å². The van der Waals surface area contributed by atoms with Gasteiger partial charge in [-0.2, -0.15) is 0 Å². The van der Waals surface area contributed by atoms with Crippen LogP contribution >= 0.6 is 15.9 Å². The van der Waals surface area contributed by atoms with Crippen LogP contribution in [0.3, 0.4) is 0 Å². The molecule has 0 spiro atoms. The number of fused-ring (bicyclic) bond motifs is 2. The largest absolute Gasteiger partial charge is 0.385 e. The van der Waals surface area contributed by atoms with Gasteiger partial charge in [0.2, 0.25) is 0 Å². The van der Waals surface area contributed by atoms with Crippen molar-refractivity contribution in [1.82, 2.24) is 5.32 Å². The highest BCUT2D eigenvalue weighted by Crippen LogP contribution is 2.42. The van der Waals surface area contributed by atoms with Crippen LogP contribution in [-0.4, -0.2) is 17.2 Å². The zero-order valence-electron chi connectivity index (χ0n) is 9.42. The van der Waals surface area contributed by atoms with E-state index in [1.165, 1.54) is 6.07 Å². The van der Waals surface area contributed by atoms with Gasteiger partial charge in [-0.1, -0.05) is 15.9 Å². The Hall–Kier alpha value is -0.450. The van der Waals surface area contributed by atoms with E-state index in [2.05, 4.69) is 21.2 Å². The number of halogens is 2. The van der Waals surface area contributed by atoms with Crippen LogP contribution in [0.4, 0.5) is 4.39 Å². The quantitative estimate of drug-likeness (QED) is 0.836. The maximum atomic E-state index is 13.9. The minimum atomic E-state index is -1.01. The third-order valence-corrected chi connectivity index (χ3v) is 4.43. The van der Waals surface area contributed by atoms with E-state index >= 15 is 0 Å². The van der Waals surface area contributed by atoms with Crippen LogP contribution in [0.1, 0.15) is 31.2 Å². The lowest BCUT2D eigenvalue weighted by atomic mass is 9.81. The summed E-state index contributed by atoms with van der Waals surface area (Å²) in [6.45, 7) is 0. The normalized spacial score (nSPS) is 36.2. The molecule has 2 unspecified atom stereocenters. The highest BCUT2D eigenvalue weighted by atomic mass is 79.9. The second kappa shape index (κ2) is 4.04. The minimum Gasteiger partial charge on any atom is -0.385 e. The van der Waals surface area contributed by atoms with E-state index in [1.54, 1.807) is 12.1 Å². The molecule has 2 nitrogen and oxygen atoms in total. The standard InChI is InChI=1S/C13H15BrFNO/c14-8-1-4-12(15)11(5-8)13(17)6-9-2-3-10(7-13)16-9/h1,4-5,9-10,16-17H,2-3,6-7H2. The minimum absolute atomic E-state index is 0.308. The molecule has 0 amide bonds. The molecule has 1 aromatic rings. The fourth-order valence-corrected chi connectivity index (χ4v) is 3.56. The SMILES string of the molecule is OC1(c2cc(Br)ccc2F)CC2CCC(C1)N2. The van der Waals surface area contributed by atoms with Crippen LogP contribution < -0.4 is 5.32 Å². The van der Waals surface area contributed by atoms with E-state index in [9.17, 15) is 9.50 Å². The maximum Gasteiger partial charge on any atom is 0.129 e. The summed E-state index contributed by atoms with van der Waals surface area (Å²) in [7, 11) is 0. The third kappa shape index (κ3) is 2.02. The summed E-state index contributed by atoms with van der Waals surface area (Å²) < 4.78 is 14.7. The molecule has 17 heavy (non-hydrogen) atoms. The molecule has 2 bridgehead atoms. The van der Waals surface area contributed by atoms with Crippen LogP contribution in [0.25, 0.3) is 0 Å². The Morgan fingerprint density at radius 1 is 1.29 bits per heavy atom. The predicted octanol–water partition coefficient (Wildman–Crippen LogP) is 2.69. The lowest BCUT2D eigenvalue weighted by Gasteiger charge is -2.37. The van der Waals surface area contributed by atoms with Crippen LogP contribution in [0.5, 0.6) is 0 Å².